The molecule has 6 heteroatoms. The number of rotatable bonds is 5. The normalized spacial score (nSPS) is 12.0. The highest BCUT2D eigenvalue weighted by atomic mass is 35.5. The number of aliphatic hydroxyl groups excluding tert-OH is 1. The van der Waals surface area contributed by atoms with Gasteiger partial charge < -0.3 is 10.4 Å². The molecule has 2 aromatic carbocycles. The topological polar surface area (TPSA) is 75.4 Å². The average Bonchev–Trinajstić information content (AvgIpc) is 2.46. The fourth-order valence-electron chi connectivity index (χ4n) is 1.99. The summed E-state index contributed by atoms with van der Waals surface area (Å²) in [7, 11) is 0. The van der Waals surface area contributed by atoms with Crippen LogP contribution in [0.5, 0.6) is 0 Å². The number of hydrogen-bond acceptors (Lipinski definition) is 4. The zero-order valence-corrected chi connectivity index (χ0v) is 12.2. The SMILES string of the molecule is Cc1cccc(Cl)c1NCC(O)c1ccc([N+](=O)[O-])cc1. The third kappa shape index (κ3) is 3.71. The summed E-state index contributed by atoms with van der Waals surface area (Å²) >= 11 is 6.10. The van der Waals surface area contributed by atoms with E-state index in [1.807, 2.05) is 19.1 Å². The number of para-hydroxylation sites is 1. The molecule has 0 aliphatic rings. The molecule has 0 saturated heterocycles. The monoisotopic (exact) mass is 306 g/mol. The van der Waals surface area contributed by atoms with Gasteiger partial charge in [-0.15, -0.1) is 0 Å². The van der Waals surface area contributed by atoms with E-state index in [4.69, 9.17) is 11.6 Å². The predicted molar refractivity (Wildman–Crippen MR) is 82.7 cm³/mol. The zero-order valence-electron chi connectivity index (χ0n) is 11.4. The van der Waals surface area contributed by atoms with E-state index in [1.165, 1.54) is 12.1 Å². The molecule has 0 aromatic heterocycles. The summed E-state index contributed by atoms with van der Waals surface area (Å²) in [6, 6.07) is 11.4. The van der Waals surface area contributed by atoms with Crippen molar-refractivity contribution in [2.75, 3.05) is 11.9 Å². The van der Waals surface area contributed by atoms with Gasteiger partial charge in [-0.3, -0.25) is 10.1 Å². The molecule has 1 atom stereocenters. The molecular formula is C15H15ClN2O3. The lowest BCUT2D eigenvalue weighted by molar-refractivity contribution is -0.384. The van der Waals surface area contributed by atoms with Gasteiger partial charge in [-0.1, -0.05) is 23.7 Å². The second-order valence-electron chi connectivity index (χ2n) is 4.68. The lowest BCUT2D eigenvalue weighted by Crippen LogP contribution is -2.13. The van der Waals surface area contributed by atoms with Crippen LogP contribution in [0.3, 0.4) is 0 Å². The van der Waals surface area contributed by atoms with Crippen molar-refractivity contribution in [3.8, 4) is 0 Å². The summed E-state index contributed by atoms with van der Waals surface area (Å²) in [4.78, 5) is 10.1. The lowest BCUT2D eigenvalue weighted by atomic mass is 10.1. The van der Waals surface area contributed by atoms with Crippen LogP contribution in [0.4, 0.5) is 11.4 Å². The number of nitrogens with one attached hydrogen (secondary N) is 1. The molecule has 21 heavy (non-hydrogen) atoms. The molecule has 2 aromatic rings. The Hall–Kier alpha value is -2.11. The molecule has 0 fully saturated rings. The second-order valence-corrected chi connectivity index (χ2v) is 5.08. The van der Waals surface area contributed by atoms with E-state index in [2.05, 4.69) is 5.32 Å². The molecule has 1 unspecified atom stereocenters. The smallest absolute Gasteiger partial charge is 0.269 e. The summed E-state index contributed by atoms with van der Waals surface area (Å²) in [6.07, 6.45) is -0.776. The van der Waals surface area contributed by atoms with Crippen LogP contribution in [0.1, 0.15) is 17.2 Å². The van der Waals surface area contributed by atoms with Gasteiger partial charge in [0, 0.05) is 18.7 Å². The molecule has 5 nitrogen and oxygen atoms in total. The molecule has 0 heterocycles. The highest BCUT2D eigenvalue weighted by Crippen LogP contribution is 2.26. The first kappa shape index (κ1) is 15.3. The Morgan fingerprint density at radius 3 is 2.52 bits per heavy atom. The largest absolute Gasteiger partial charge is 0.387 e. The van der Waals surface area contributed by atoms with E-state index in [-0.39, 0.29) is 12.2 Å². The van der Waals surface area contributed by atoms with Crippen LogP contribution in [0, 0.1) is 17.0 Å². The van der Waals surface area contributed by atoms with Gasteiger partial charge in [0.05, 0.1) is 21.7 Å². The molecule has 0 spiro atoms. The van der Waals surface area contributed by atoms with Gasteiger partial charge in [0.25, 0.3) is 5.69 Å². The highest BCUT2D eigenvalue weighted by molar-refractivity contribution is 6.33. The van der Waals surface area contributed by atoms with Crippen molar-refractivity contribution in [1.29, 1.82) is 0 Å². The van der Waals surface area contributed by atoms with Gasteiger partial charge in [-0.2, -0.15) is 0 Å². The number of hydrogen-bond donors (Lipinski definition) is 2. The van der Waals surface area contributed by atoms with Gasteiger partial charge in [0.15, 0.2) is 0 Å². The number of halogens is 1. The van der Waals surface area contributed by atoms with Gasteiger partial charge in [0.1, 0.15) is 0 Å². The first-order valence-corrected chi connectivity index (χ1v) is 6.78. The quantitative estimate of drug-likeness (QED) is 0.652. The van der Waals surface area contributed by atoms with Gasteiger partial charge in [-0.05, 0) is 36.2 Å². The lowest BCUT2D eigenvalue weighted by Gasteiger charge is -2.15. The summed E-state index contributed by atoms with van der Waals surface area (Å²) in [6.45, 7) is 2.19. The van der Waals surface area contributed by atoms with E-state index in [0.717, 1.165) is 11.3 Å². The fourth-order valence-corrected chi connectivity index (χ4v) is 2.28. The summed E-state index contributed by atoms with van der Waals surface area (Å²) in [5, 5.41) is 24.4. The van der Waals surface area contributed by atoms with Crippen molar-refractivity contribution >= 4 is 23.0 Å². The first-order valence-electron chi connectivity index (χ1n) is 6.40. The first-order chi connectivity index (χ1) is 9.99. The molecule has 2 N–H and O–H groups in total. The number of anilines is 1. The molecule has 0 aliphatic heterocycles. The van der Waals surface area contributed by atoms with Gasteiger partial charge >= 0.3 is 0 Å². The van der Waals surface area contributed by atoms with Crippen molar-refractivity contribution in [3.05, 3.63) is 68.7 Å². The molecule has 0 amide bonds. The molecule has 0 saturated carbocycles. The number of aryl methyl sites for hydroxylation is 1. The van der Waals surface area contributed by atoms with Crippen LogP contribution >= 0.6 is 11.6 Å². The molecule has 0 aliphatic carbocycles. The Morgan fingerprint density at radius 1 is 1.29 bits per heavy atom. The summed E-state index contributed by atoms with van der Waals surface area (Å²) in [5.74, 6) is 0. The summed E-state index contributed by atoms with van der Waals surface area (Å²) in [5.41, 5.74) is 2.37. The minimum absolute atomic E-state index is 0.000794. The predicted octanol–water partition coefficient (Wildman–Crippen LogP) is 3.70. The number of nitro benzene ring substituents is 1. The standard InChI is InChI=1S/C15H15ClN2O3/c1-10-3-2-4-13(16)15(10)17-9-14(19)11-5-7-12(8-6-11)18(20)21/h2-8,14,17,19H,9H2,1H3. The van der Waals surface area contributed by atoms with Crippen LogP contribution in [-0.2, 0) is 0 Å². The minimum atomic E-state index is -0.776. The number of nitrogens with zero attached hydrogens (tertiary/aromatic N) is 1. The number of aliphatic hydroxyl groups is 1. The maximum absolute atomic E-state index is 10.6. The van der Waals surface area contributed by atoms with E-state index in [0.29, 0.717) is 10.6 Å². The van der Waals surface area contributed by atoms with E-state index >= 15 is 0 Å². The molecular weight excluding hydrogens is 292 g/mol. The third-order valence-electron chi connectivity index (χ3n) is 3.18. The zero-order chi connectivity index (χ0) is 15.4. The Bertz CT molecular complexity index is 624. The van der Waals surface area contributed by atoms with E-state index < -0.39 is 11.0 Å². The maximum Gasteiger partial charge on any atom is 0.269 e. The van der Waals surface area contributed by atoms with Crippen molar-refractivity contribution in [2.45, 2.75) is 13.0 Å². The van der Waals surface area contributed by atoms with Crippen LogP contribution in [-0.4, -0.2) is 16.6 Å². The van der Waals surface area contributed by atoms with E-state index in [9.17, 15) is 15.2 Å². The molecule has 0 radical (unpaired) electrons. The van der Waals surface area contributed by atoms with Gasteiger partial charge in [0.2, 0.25) is 0 Å². The number of non-ortho nitro benzene ring substituents is 1. The Balaban J connectivity index is 2.04. The van der Waals surface area contributed by atoms with Crippen molar-refractivity contribution in [3.63, 3.8) is 0 Å². The maximum atomic E-state index is 10.6. The van der Waals surface area contributed by atoms with E-state index in [1.54, 1.807) is 18.2 Å². The van der Waals surface area contributed by atoms with Crippen LogP contribution in [0.2, 0.25) is 5.02 Å². The molecule has 110 valence electrons. The molecule has 0 bridgehead atoms. The van der Waals surface area contributed by atoms with Gasteiger partial charge in [-0.25, -0.2) is 0 Å². The Labute approximate surface area is 127 Å². The van der Waals surface area contributed by atoms with Crippen molar-refractivity contribution in [1.82, 2.24) is 0 Å². The van der Waals surface area contributed by atoms with Crippen LogP contribution in [0.15, 0.2) is 42.5 Å². The minimum Gasteiger partial charge on any atom is -0.387 e. The highest BCUT2D eigenvalue weighted by Gasteiger charge is 2.11. The second kappa shape index (κ2) is 6.56. The Morgan fingerprint density at radius 2 is 1.95 bits per heavy atom. The Kier molecular flexibility index (Phi) is 4.77. The van der Waals surface area contributed by atoms with Crippen LogP contribution in [0.25, 0.3) is 0 Å². The third-order valence-corrected chi connectivity index (χ3v) is 3.50. The van der Waals surface area contributed by atoms with Crippen molar-refractivity contribution < 1.29 is 10.0 Å². The number of nitro groups is 1. The number of benzene rings is 2. The fraction of sp³-hybridized carbons (Fsp3) is 0.200. The average molecular weight is 307 g/mol. The van der Waals surface area contributed by atoms with Crippen molar-refractivity contribution in [2.24, 2.45) is 0 Å². The summed E-state index contributed by atoms with van der Waals surface area (Å²) < 4.78 is 0. The molecule has 2 rings (SSSR count). The van der Waals surface area contributed by atoms with Crippen LogP contribution < -0.4 is 5.32 Å².